The second-order valence-electron chi connectivity index (χ2n) is 4.71. The molecule has 2 aromatic rings. The van der Waals surface area contributed by atoms with Crippen LogP contribution in [0.25, 0.3) is 6.08 Å². The van der Waals surface area contributed by atoms with Gasteiger partial charge in [0.25, 0.3) is 11.6 Å². The first kappa shape index (κ1) is 18.7. The summed E-state index contributed by atoms with van der Waals surface area (Å²) in [5.41, 5.74) is -0.0335. The van der Waals surface area contributed by atoms with Gasteiger partial charge in [-0.1, -0.05) is 40.9 Å². The van der Waals surface area contributed by atoms with Gasteiger partial charge in [0, 0.05) is 21.8 Å². The Morgan fingerprint density at radius 2 is 1.88 bits per heavy atom. The Kier molecular flexibility index (Phi) is 5.99. The maximum absolute atomic E-state index is 12.2. The van der Waals surface area contributed by atoms with E-state index in [2.05, 4.69) is 5.32 Å². The molecule has 9 heteroatoms. The number of nitrogens with one attached hydrogen (secondary N) is 1. The van der Waals surface area contributed by atoms with Gasteiger partial charge < -0.3 is 5.32 Å². The van der Waals surface area contributed by atoms with E-state index in [1.807, 2.05) is 0 Å². The zero-order valence-electron chi connectivity index (χ0n) is 12.3. The van der Waals surface area contributed by atoms with Gasteiger partial charge in [-0.15, -0.1) is 0 Å². The molecule has 0 aromatic heterocycles. The van der Waals surface area contributed by atoms with Crippen LogP contribution in [-0.2, 0) is 4.79 Å². The van der Waals surface area contributed by atoms with Crippen molar-refractivity contribution in [3.8, 4) is 6.07 Å². The van der Waals surface area contributed by atoms with Crippen LogP contribution in [0.3, 0.4) is 0 Å². The van der Waals surface area contributed by atoms with Crippen LogP contribution in [0.4, 0.5) is 11.4 Å². The number of benzene rings is 2. The molecule has 25 heavy (non-hydrogen) atoms. The van der Waals surface area contributed by atoms with Crippen LogP contribution in [0, 0.1) is 21.4 Å². The van der Waals surface area contributed by atoms with Crippen LogP contribution in [0.15, 0.2) is 42.0 Å². The van der Waals surface area contributed by atoms with Gasteiger partial charge in [0.1, 0.15) is 16.7 Å². The number of halogens is 3. The number of nitro benzene ring substituents is 1. The minimum atomic E-state index is -0.745. The zero-order valence-corrected chi connectivity index (χ0v) is 14.6. The highest BCUT2D eigenvalue weighted by molar-refractivity contribution is 6.35. The smallest absolute Gasteiger partial charge is 0.289 e. The molecule has 0 bridgehead atoms. The first-order chi connectivity index (χ1) is 11.8. The molecule has 6 nitrogen and oxygen atoms in total. The summed E-state index contributed by atoms with van der Waals surface area (Å²) in [6, 6.07) is 10.1. The molecule has 0 spiro atoms. The third-order valence-corrected chi connectivity index (χ3v) is 3.91. The molecular weight excluding hydrogens is 389 g/mol. The molecule has 0 aliphatic heterocycles. The number of carbonyl (C=O) groups is 1. The molecule has 0 radical (unpaired) electrons. The number of anilines is 1. The second kappa shape index (κ2) is 7.99. The number of rotatable bonds is 4. The molecule has 2 rings (SSSR count). The van der Waals surface area contributed by atoms with Gasteiger partial charge in [-0.05, 0) is 35.9 Å². The SMILES string of the molecule is N#C/C(=C\c1ccc(Cl)cc1Cl)C(=O)Nc1ccc(Cl)c([N+](=O)[O-])c1. The largest absolute Gasteiger partial charge is 0.321 e. The predicted octanol–water partition coefficient (Wildman–Crippen LogP) is 5.10. The van der Waals surface area contributed by atoms with Crippen molar-refractivity contribution < 1.29 is 9.72 Å². The number of hydrogen-bond donors (Lipinski definition) is 1. The van der Waals surface area contributed by atoms with E-state index >= 15 is 0 Å². The number of carbonyl (C=O) groups excluding carboxylic acids is 1. The van der Waals surface area contributed by atoms with E-state index in [0.29, 0.717) is 10.6 Å². The van der Waals surface area contributed by atoms with Gasteiger partial charge in [0.2, 0.25) is 0 Å². The summed E-state index contributed by atoms with van der Waals surface area (Å²) in [6.45, 7) is 0. The van der Waals surface area contributed by atoms with Gasteiger partial charge >= 0.3 is 0 Å². The molecule has 0 fully saturated rings. The highest BCUT2D eigenvalue weighted by atomic mass is 35.5. The topological polar surface area (TPSA) is 96.0 Å². The fourth-order valence-corrected chi connectivity index (χ4v) is 2.50. The summed E-state index contributed by atoms with van der Waals surface area (Å²) in [6.07, 6.45) is 1.29. The molecule has 0 aliphatic rings. The molecule has 0 saturated carbocycles. The van der Waals surface area contributed by atoms with E-state index in [-0.39, 0.29) is 27.0 Å². The summed E-state index contributed by atoms with van der Waals surface area (Å²) in [7, 11) is 0. The van der Waals surface area contributed by atoms with Crippen molar-refractivity contribution in [2.24, 2.45) is 0 Å². The Morgan fingerprint density at radius 3 is 2.48 bits per heavy atom. The Balaban J connectivity index is 2.29. The average molecular weight is 397 g/mol. The third kappa shape index (κ3) is 4.70. The lowest BCUT2D eigenvalue weighted by molar-refractivity contribution is -0.384. The first-order valence-corrected chi connectivity index (χ1v) is 7.77. The number of hydrogen-bond acceptors (Lipinski definition) is 4. The summed E-state index contributed by atoms with van der Waals surface area (Å²) < 4.78 is 0. The average Bonchev–Trinajstić information content (AvgIpc) is 2.55. The number of nitriles is 1. The molecular formula is C16H8Cl3N3O3. The van der Waals surface area contributed by atoms with Gasteiger partial charge in [0.15, 0.2) is 0 Å². The fraction of sp³-hybridized carbons (Fsp3) is 0. The lowest BCUT2D eigenvalue weighted by atomic mass is 10.1. The quantitative estimate of drug-likeness (QED) is 0.336. The Bertz CT molecular complexity index is 936. The van der Waals surface area contributed by atoms with Crippen molar-refractivity contribution in [2.45, 2.75) is 0 Å². The zero-order chi connectivity index (χ0) is 18.6. The molecule has 0 saturated heterocycles. The van der Waals surface area contributed by atoms with Crippen molar-refractivity contribution in [3.05, 3.63) is 72.7 Å². The Labute approximate surface area is 157 Å². The van der Waals surface area contributed by atoms with Gasteiger partial charge in [-0.2, -0.15) is 5.26 Å². The van der Waals surface area contributed by atoms with Crippen molar-refractivity contribution in [2.75, 3.05) is 5.32 Å². The maximum Gasteiger partial charge on any atom is 0.289 e. The Morgan fingerprint density at radius 1 is 1.16 bits per heavy atom. The highest BCUT2D eigenvalue weighted by Crippen LogP contribution is 2.28. The molecule has 0 unspecified atom stereocenters. The Hall–Kier alpha value is -2.59. The molecule has 2 aromatic carbocycles. The number of nitro groups is 1. The van der Waals surface area contributed by atoms with E-state index in [1.165, 1.54) is 24.3 Å². The molecule has 0 atom stereocenters. The van der Waals surface area contributed by atoms with Gasteiger partial charge in [-0.3, -0.25) is 14.9 Å². The highest BCUT2D eigenvalue weighted by Gasteiger charge is 2.16. The minimum absolute atomic E-state index is 0.0630. The van der Waals surface area contributed by atoms with Gasteiger partial charge in [0.05, 0.1) is 4.92 Å². The second-order valence-corrected chi connectivity index (χ2v) is 5.96. The monoisotopic (exact) mass is 395 g/mol. The normalized spacial score (nSPS) is 10.9. The summed E-state index contributed by atoms with van der Waals surface area (Å²) in [5, 5.41) is 23.1. The summed E-state index contributed by atoms with van der Waals surface area (Å²) >= 11 is 17.5. The van der Waals surface area contributed by atoms with Crippen LogP contribution < -0.4 is 5.32 Å². The summed E-state index contributed by atoms with van der Waals surface area (Å²) in [4.78, 5) is 22.4. The standard InChI is InChI=1S/C16H8Cl3N3O3/c17-11-2-1-9(14(19)6-11)5-10(8-20)16(23)21-12-3-4-13(18)15(7-12)22(24)25/h1-7H,(H,21,23)/b10-5+. The number of amides is 1. The lowest BCUT2D eigenvalue weighted by Gasteiger charge is -2.05. The molecule has 0 heterocycles. The summed E-state index contributed by atoms with van der Waals surface area (Å²) in [5.74, 6) is -0.745. The lowest BCUT2D eigenvalue weighted by Crippen LogP contribution is -2.13. The van der Waals surface area contributed by atoms with E-state index in [0.717, 1.165) is 6.07 Å². The minimum Gasteiger partial charge on any atom is -0.321 e. The molecule has 1 N–H and O–H groups in total. The van der Waals surface area contributed by atoms with Crippen LogP contribution in [0.2, 0.25) is 15.1 Å². The number of nitrogens with zero attached hydrogens (tertiary/aromatic N) is 2. The van der Waals surface area contributed by atoms with Crippen molar-refractivity contribution >= 4 is 58.2 Å². The van der Waals surface area contributed by atoms with Gasteiger partial charge in [-0.25, -0.2) is 0 Å². The first-order valence-electron chi connectivity index (χ1n) is 6.64. The van der Waals surface area contributed by atoms with E-state index < -0.39 is 10.8 Å². The van der Waals surface area contributed by atoms with Crippen molar-refractivity contribution in [1.29, 1.82) is 5.26 Å². The van der Waals surface area contributed by atoms with Crippen molar-refractivity contribution in [1.82, 2.24) is 0 Å². The van der Waals surface area contributed by atoms with Crippen molar-refractivity contribution in [3.63, 3.8) is 0 Å². The third-order valence-electron chi connectivity index (χ3n) is 3.03. The van der Waals surface area contributed by atoms with Crippen LogP contribution >= 0.6 is 34.8 Å². The van der Waals surface area contributed by atoms with Crippen LogP contribution in [0.1, 0.15) is 5.56 Å². The van der Waals surface area contributed by atoms with E-state index in [9.17, 15) is 20.2 Å². The maximum atomic E-state index is 12.2. The van der Waals surface area contributed by atoms with Crippen LogP contribution in [-0.4, -0.2) is 10.8 Å². The molecule has 1 amide bonds. The fourth-order valence-electron chi connectivity index (χ4n) is 1.85. The molecule has 126 valence electrons. The van der Waals surface area contributed by atoms with E-state index in [1.54, 1.807) is 18.2 Å². The molecule has 0 aliphatic carbocycles. The van der Waals surface area contributed by atoms with E-state index in [4.69, 9.17) is 34.8 Å². The van der Waals surface area contributed by atoms with Crippen LogP contribution in [0.5, 0.6) is 0 Å². The predicted molar refractivity (Wildman–Crippen MR) is 96.8 cm³/mol.